The summed E-state index contributed by atoms with van der Waals surface area (Å²) in [7, 11) is -0.817. The smallest absolute Gasteiger partial charge is 0.512 e. The molecule has 0 unspecified atom stereocenters. The van der Waals surface area contributed by atoms with Gasteiger partial charge in [0.05, 0.1) is 17.7 Å². The third-order valence-electron chi connectivity index (χ3n) is 9.23. The van der Waals surface area contributed by atoms with Gasteiger partial charge in [0.15, 0.2) is 0 Å². The van der Waals surface area contributed by atoms with Crippen LogP contribution in [-0.4, -0.2) is 5.90 Å². The van der Waals surface area contributed by atoms with Crippen molar-refractivity contribution in [3.63, 3.8) is 0 Å². The van der Waals surface area contributed by atoms with Crippen molar-refractivity contribution in [3.8, 4) is 18.2 Å². The molecule has 5 aromatic rings. The van der Waals surface area contributed by atoms with Crippen molar-refractivity contribution < 1.29 is 19.5 Å². The fourth-order valence-electron chi connectivity index (χ4n) is 5.77. The Kier molecular flexibility index (Phi) is 21.9. The normalized spacial score (nSPS) is 13.0. The van der Waals surface area contributed by atoms with Gasteiger partial charge < -0.3 is 11.8 Å². The van der Waals surface area contributed by atoms with Crippen LogP contribution in [0.2, 0.25) is 0 Å². The minimum atomic E-state index is -0.409. The number of nitriles is 3. The summed E-state index contributed by atoms with van der Waals surface area (Å²) in [4.78, 5) is 0. The van der Waals surface area contributed by atoms with E-state index in [1.54, 1.807) is 42.5 Å². The molecule has 1 fully saturated rings. The number of allylic oxidation sites excluding steroid dienone is 4. The second-order valence-corrected chi connectivity index (χ2v) is 17.2. The van der Waals surface area contributed by atoms with Crippen molar-refractivity contribution in [2.24, 2.45) is 0 Å². The van der Waals surface area contributed by atoms with Gasteiger partial charge in [-0.15, -0.1) is 5.57 Å². The van der Waals surface area contributed by atoms with Crippen LogP contribution in [-0.2, 0) is 19.5 Å². The molecule has 276 valence electrons. The maximum Gasteiger partial charge on any atom is 3.00 e. The third-order valence-corrected chi connectivity index (χ3v) is 15.2. The molecule has 0 aliphatic heterocycles. The van der Waals surface area contributed by atoms with E-state index in [1.807, 2.05) is 6.07 Å². The van der Waals surface area contributed by atoms with Crippen molar-refractivity contribution in [3.05, 3.63) is 211 Å². The zero-order chi connectivity index (χ0) is 40.0. The summed E-state index contributed by atoms with van der Waals surface area (Å²) in [5.74, 6) is 8.51. The first-order chi connectivity index (χ1) is 26.8. The zero-order valence-corrected chi connectivity index (χ0v) is 35.8. The predicted octanol–water partition coefficient (Wildman–Crippen LogP) is 10.6. The minimum absolute atomic E-state index is 0. The van der Waals surface area contributed by atoms with Gasteiger partial charge in [0, 0.05) is 5.90 Å². The number of rotatable bonds is 8. The van der Waals surface area contributed by atoms with Gasteiger partial charge in [-0.2, -0.15) is 16.6 Å². The van der Waals surface area contributed by atoms with E-state index in [4.69, 9.17) is 27.6 Å². The summed E-state index contributed by atoms with van der Waals surface area (Å²) in [6.07, 6.45) is 3.66. The Labute approximate surface area is 351 Å². The Morgan fingerprint density at radius 1 is 0.500 bits per heavy atom. The molecule has 0 atom stereocenters. The van der Waals surface area contributed by atoms with Crippen LogP contribution in [0, 0.1) is 81.5 Å². The molecule has 56 heavy (non-hydrogen) atoms. The summed E-state index contributed by atoms with van der Waals surface area (Å²) >= 11 is 0. The number of hydrogen-bond acceptors (Lipinski definition) is 4. The molecule has 0 spiro atoms. The quantitative estimate of drug-likeness (QED) is 0.0511. The van der Waals surface area contributed by atoms with E-state index < -0.39 is 15.8 Å². The van der Waals surface area contributed by atoms with Crippen molar-refractivity contribution in [1.82, 2.24) is 0 Å². The first-order valence-electron chi connectivity index (χ1n) is 17.6. The Morgan fingerprint density at radius 3 is 1.02 bits per heavy atom. The number of nitrogens with zero attached hydrogens (tertiary/aromatic N) is 4. The minimum Gasteiger partial charge on any atom is -0.512 e. The van der Waals surface area contributed by atoms with Crippen LogP contribution >= 0.6 is 15.8 Å². The SMILES string of the molecule is C[C]1[C](C)[C](C)[C](C)[C]1C.N#C[C-]=CC(=C(C#N)C#N)c1ccccc1.[C-]#N.[Ru+3].c1ccc(P(CP(c2ccccc2)c2ccccc2)c2ccccc2)cc1. The summed E-state index contributed by atoms with van der Waals surface area (Å²) in [5, 5.41) is 38.1. The average molecular weight is 851 g/mol. The average Bonchev–Trinajstić information content (AvgIpc) is 3.42. The molecular weight excluding hydrogens is 808 g/mol. The molecular formula is C49H43N4P2Ru+. The molecule has 0 amide bonds. The van der Waals surface area contributed by atoms with Gasteiger partial charge in [-0.1, -0.05) is 192 Å². The van der Waals surface area contributed by atoms with E-state index >= 15 is 0 Å². The van der Waals surface area contributed by atoms with E-state index in [-0.39, 0.29) is 25.1 Å². The largest absolute Gasteiger partial charge is 3.00 e. The van der Waals surface area contributed by atoms with Crippen LogP contribution < -0.4 is 21.2 Å². The molecule has 1 saturated carbocycles. The third kappa shape index (κ3) is 13.6. The number of hydrogen-bond donors (Lipinski definition) is 0. The summed E-state index contributed by atoms with van der Waals surface area (Å²) in [6.45, 7) is 15.7. The summed E-state index contributed by atoms with van der Waals surface area (Å²) in [5.41, 5.74) is 1.09. The van der Waals surface area contributed by atoms with Gasteiger partial charge in [0.25, 0.3) is 0 Å². The Morgan fingerprint density at radius 2 is 0.768 bits per heavy atom. The monoisotopic (exact) mass is 851 g/mol. The molecule has 0 aromatic heterocycles. The first kappa shape index (κ1) is 47.2. The van der Waals surface area contributed by atoms with Crippen LogP contribution in [0.1, 0.15) is 40.2 Å². The second-order valence-electron chi connectivity index (χ2n) is 12.2. The van der Waals surface area contributed by atoms with E-state index in [2.05, 4.69) is 162 Å². The fraction of sp³-hybridized carbons (Fsp3) is 0.122. The first-order valence-corrected chi connectivity index (χ1v) is 20.6. The fourth-order valence-corrected chi connectivity index (χ4v) is 12.2. The van der Waals surface area contributed by atoms with Crippen LogP contribution in [0.4, 0.5) is 0 Å². The second kappa shape index (κ2) is 26.0. The molecule has 6 radical (unpaired) electrons. The van der Waals surface area contributed by atoms with Crippen LogP contribution in [0.25, 0.3) is 5.57 Å². The molecule has 0 N–H and O–H groups in total. The van der Waals surface area contributed by atoms with E-state index in [0.717, 1.165) is 0 Å². The van der Waals surface area contributed by atoms with E-state index in [9.17, 15) is 0 Å². The van der Waals surface area contributed by atoms with Crippen LogP contribution in [0.5, 0.6) is 0 Å². The molecule has 7 heteroatoms. The maximum atomic E-state index is 8.80. The Hall–Kier alpha value is -4.98. The maximum absolute atomic E-state index is 8.80. The molecule has 6 rings (SSSR count). The van der Waals surface area contributed by atoms with Gasteiger partial charge in [-0.25, -0.2) is 11.3 Å². The van der Waals surface area contributed by atoms with Crippen molar-refractivity contribution >= 4 is 42.6 Å². The topological polar surface area (TPSA) is 95.2 Å². The van der Waals surface area contributed by atoms with Gasteiger partial charge in [0.1, 0.15) is 0 Å². The van der Waals surface area contributed by atoms with Crippen molar-refractivity contribution in [1.29, 1.82) is 21.0 Å². The Bertz CT molecular complexity index is 1850. The van der Waals surface area contributed by atoms with Gasteiger partial charge in [0.2, 0.25) is 0 Å². The van der Waals surface area contributed by atoms with Gasteiger partial charge in [-0.3, -0.25) is 0 Å². The predicted molar refractivity (Wildman–Crippen MR) is 231 cm³/mol. The van der Waals surface area contributed by atoms with Crippen LogP contribution in [0.15, 0.2) is 163 Å². The molecule has 1 aliphatic carbocycles. The summed E-state index contributed by atoms with van der Waals surface area (Å²) in [6, 6.07) is 58.4. The molecule has 5 aromatic carbocycles. The molecule has 0 bridgehead atoms. The van der Waals surface area contributed by atoms with E-state index in [0.29, 0.717) is 11.1 Å². The van der Waals surface area contributed by atoms with Gasteiger partial charge >= 0.3 is 19.5 Å². The molecule has 0 saturated heterocycles. The van der Waals surface area contributed by atoms with Gasteiger partial charge in [-0.05, 0) is 72.7 Å². The molecule has 1 aliphatic rings. The molecule has 4 nitrogen and oxygen atoms in total. The van der Waals surface area contributed by atoms with Crippen molar-refractivity contribution in [2.45, 2.75) is 34.6 Å². The standard InChI is InChI=1S/C25H22P2.C13H6N3.C10H15.CN.Ru/c1-5-13-22(14-6-1)26(23-15-7-2-8-16-23)21-27(24-17-9-3-10-18-24)25-19-11-4-12-20-25;14-8-4-7-13(12(9-15)10-16)11-5-2-1-3-6-11;1-6-7(2)9(4)10(5)8(6)3;1-2;/h1-20H,21H2;1-3,5-7H;1-5H3;;/q;-1;;-1;+3. The van der Waals surface area contributed by atoms with E-state index in [1.165, 1.54) is 62.8 Å². The number of benzene rings is 5. The molecule has 0 heterocycles. The van der Waals surface area contributed by atoms with Crippen molar-refractivity contribution in [2.75, 3.05) is 5.90 Å². The van der Waals surface area contributed by atoms with Crippen LogP contribution in [0.3, 0.4) is 0 Å². The Balaban J connectivity index is 0.000000317. The zero-order valence-electron chi connectivity index (χ0n) is 32.3. The summed E-state index contributed by atoms with van der Waals surface area (Å²) < 4.78 is 0.